The monoisotopic (exact) mass is 434 g/mol. The van der Waals surface area contributed by atoms with Gasteiger partial charge in [-0.25, -0.2) is 4.98 Å². The third-order valence-electron chi connectivity index (χ3n) is 4.42. The topological polar surface area (TPSA) is 105 Å². The van der Waals surface area contributed by atoms with E-state index in [9.17, 15) is 14.4 Å². The number of anilines is 1. The van der Waals surface area contributed by atoms with E-state index in [0.717, 1.165) is 19.3 Å². The minimum atomic E-state index is -0.357. The van der Waals surface area contributed by atoms with Gasteiger partial charge in [0.1, 0.15) is 6.54 Å². The molecule has 0 aliphatic heterocycles. The summed E-state index contributed by atoms with van der Waals surface area (Å²) in [6, 6.07) is 3.02. The van der Waals surface area contributed by atoms with Gasteiger partial charge in [0.2, 0.25) is 11.8 Å². The van der Waals surface area contributed by atoms with Crippen molar-refractivity contribution in [3.8, 4) is 0 Å². The van der Waals surface area contributed by atoms with Crippen molar-refractivity contribution in [2.24, 2.45) is 0 Å². The van der Waals surface area contributed by atoms with Crippen molar-refractivity contribution < 1.29 is 18.8 Å². The number of furan rings is 1. The molecule has 8 nitrogen and oxygen atoms in total. The summed E-state index contributed by atoms with van der Waals surface area (Å²) in [5.74, 6) is -0.594. The van der Waals surface area contributed by atoms with Gasteiger partial charge < -0.3 is 20.0 Å². The van der Waals surface area contributed by atoms with E-state index >= 15 is 0 Å². The summed E-state index contributed by atoms with van der Waals surface area (Å²) in [5.41, 5.74) is 0.605. The number of nitrogens with zero attached hydrogens (tertiary/aromatic N) is 2. The molecule has 0 radical (unpaired) electrons. The Morgan fingerprint density at radius 3 is 2.67 bits per heavy atom. The highest BCUT2D eigenvalue weighted by molar-refractivity contribution is 7.13. The number of hydrogen-bond donors (Lipinski definition) is 2. The fourth-order valence-electron chi connectivity index (χ4n) is 2.80. The van der Waals surface area contributed by atoms with Gasteiger partial charge in [-0.2, -0.15) is 0 Å². The lowest BCUT2D eigenvalue weighted by atomic mass is 10.2. The minimum absolute atomic E-state index is 0.0790. The Labute approximate surface area is 181 Å². The predicted molar refractivity (Wildman–Crippen MR) is 116 cm³/mol. The van der Waals surface area contributed by atoms with E-state index in [1.165, 1.54) is 28.9 Å². The molecular formula is C21H30N4O4S. The molecule has 3 amide bonds. The summed E-state index contributed by atoms with van der Waals surface area (Å²) >= 11 is 1.25. The summed E-state index contributed by atoms with van der Waals surface area (Å²) in [6.07, 6.45) is 6.01. The quantitative estimate of drug-likeness (QED) is 0.498. The number of carbonyl (C=O) groups is 3. The second-order valence-corrected chi connectivity index (χ2v) is 8.14. The normalized spacial score (nSPS) is 10.8. The molecule has 2 rings (SSSR count). The summed E-state index contributed by atoms with van der Waals surface area (Å²) in [7, 11) is 0. The highest BCUT2D eigenvalue weighted by Crippen LogP contribution is 2.16. The van der Waals surface area contributed by atoms with Crippen LogP contribution in [0.1, 0.15) is 62.7 Å². The fraction of sp³-hybridized carbons (Fsp3) is 0.524. The second-order valence-electron chi connectivity index (χ2n) is 7.28. The summed E-state index contributed by atoms with van der Waals surface area (Å²) in [6.45, 7) is 6.35. The van der Waals surface area contributed by atoms with Crippen molar-refractivity contribution >= 4 is 34.2 Å². The first kappa shape index (κ1) is 23.6. The molecule has 0 saturated carbocycles. The van der Waals surface area contributed by atoms with Crippen molar-refractivity contribution in [2.45, 2.75) is 58.9 Å². The van der Waals surface area contributed by atoms with Gasteiger partial charge in [-0.3, -0.25) is 14.4 Å². The number of carbonyl (C=O) groups excluding carboxylic acids is 3. The number of rotatable bonds is 12. The molecule has 2 aromatic rings. The van der Waals surface area contributed by atoms with Crippen LogP contribution in [-0.4, -0.2) is 46.7 Å². The Morgan fingerprint density at radius 2 is 2.00 bits per heavy atom. The molecule has 0 aliphatic carbocycles. The van der Waals surface area contributed by atoms with Gasteiger partial charge in [-0.15, -0.1) is 11.3 Å². The van der Waals surface area contributed by atoms with Crippen LogP contribution in [0.15, 0.2) is 28.2 Å². The predicted octanol–water partition coefficient (Wildman–Crippen LogP) is 3.46. The van der Waals surface area contributed by atoms with E-state index in [1.807, 2.05) is 13.8 Å². The van der Waals surface area contributed by atoms with E-state index < -0.39 is 0 Å². The molecule has 2 N–H and O–H groups in total. The van der Waals surface area contributed by atoms with Gasteiger partial charge in [0.25, 0.3) is 5.91 Å². The number of thiazole rings is 1. The van der Waals surface area contributed by atoms with Crippen molar-refractivity contribution in [3.05, 3.63) is 35.2 Å². The average molecular weight is 435 g/mol. The molecule has 0 saturated heterocycles. The molecule has 30 heavy (non-hydrogen) atoms. The van der Waals surface area contributed by atoms with Crippen molar-refractivity contribution in [1.29, 1.82) is 0 Å². The number of nitrogens with one attached hydrogen (secondary N) is 2. The Hall–Kier alpha value is -2.68. The molecule has 0 atom stereocenters. The van der Waals surface area contributed by atoms with Crippen LogP contribution in [-0.2, 0) is 16.0 Å². The lowest BCUT2D eigenvalue weighted by molar-refractivity contribution is -0.120. The van der Waals surface area contributed by atoms with Crippen LogP contribution in [0.4, 0.5) is 5.13 Å². The Balaban J connectivity index is 1.82. The van der Waals surface area contributed by atoms with Gasteiger partial charge >= 0.3 is 0 Å². The molecule has 0 aromatic carbocycles. The molecule has 9 heteroatoms. The molecule has 2 heterocycles. The van der Waals surface area contributed by atoms with E-state index in [-0.39, 0.29) is 42.5 Å². The zero-order chi connectivity index (χ0) is 21.9. The van der Waals surface area contributed by atoms with E-state index in [1.54, 1.807) is 17.5 Å². The summed E-state index contributed by atoms with van der Waals surface area (Å²) in [5, 5.41) is 7.74. The third kappa shape index (κ3) is 7.62. The molecule has 0 aliphatic rings. The number of unbranched alkanes of at least 4 members (excludes halogenated alkanes) is 3. The highest BCUT2D eigenvalue weighted by Gasteiger charge is 2.24. The number of aromatic nitrogens is 1. The van der Waals surface area contributed by atoms with Crippen molar-refractivity contribution in [1.82, 2.24) is 15.2 Å². The Kier molecular flexibility index (Phi) is 9.53. The maximum absolute atomic E-state index is 12.5. The lowest BCUT2D eigenvalue weighted by Crippen LogP contribution is -2.42. The molecule has 2 aromatic heterocycles. The zero-order valence-corrected chi connectivity index (χ0v) is 18.6. The van der Waals surface area contributed by atoms with Crippen LogP contribution >= 0.6 is 11.3 Å². The zero-order valence-electron chi connectivity index (χ0n) is 17.8. The SMILES string of the molecule is CCCCCCNC(=O)Cc1csc(NC(=O)CN(C(=O)c2ccco2)C(C)C)n1. The third-order valence-corrected chi connectivity index (χ3v) is 5.23. The van der Waals surface area contributed by atoms with E-state index in [2.05, 4.69) is 22.5 Å². The van der Waals surface area contributed by atoms with Crippen LogP contribution in [0.3, 0.4) is 0 Å². The minimum Gasteiger partial charge on any atom is -0.459 e. The van der Waals surface area contributed by atoms with E-state index in [0.29, 0.717) is 17.4 Å². The molecular weight excluding hydrogens is 404 g/mol. The van der Waals surface area contributed by atoms with E-state index in [4.69, 9.17) is 4.42 Å². The smallest absolute Gasteiger partial charge is 0.290 e. The maximum atomic E-state index is 12.5. The highest BCUT2D eigenvalue weighted by atomic mass is 32.1. The first-order valence-electron chi connectivity index (χ1n) is 10.3. The van der Waals surface area contributed by atoms with Crippen molar-refractivity contribution in [2.75, 3.05) is 18.4 Å². The molecule has 0 fully saturated rings. The maximum Gasteiger partial charge on any atom is 0.290 e. The molecule has 0 unspecified atom stereocenters. The first-order valence-corrected chi connectivity index (χ1v) is 11.1. The Morgan fingerprint density at radius 1 is 1.20 bits per heavy atom. The first-order chi connectivity index (χ1) is 14.4. The standard InChI is InChI=1S/C21H30N4O4S/c1-4-5-6-7-10-22-18(26)12-16-14-30-21(23-16)24-19(27)13-25(15(2)3)20(28)17-9-8-11-29-17/h8-9,11,14-15H,4-7,10,12-13H2,1-3H3,(H,22,26)(H,23,24,27). The summed E-state index contributed by atoms with van der Waals surface area (Å²) in [4.78, 5) is 42.6. The molecule has 0 spiro atoms. The van der Waals surface area contributed by atoms with Crippen LogP contribution in [0, 0.1) is 0 Å². The van der Waals surface area contributed by atoms with Crippen LogP contribution in [0.2, 0.25) is 0 Å². The Bertz CT molecular complexity index is 817. The van der Waals surface area contributed by atoms with Gasteiger partial charge in [0, 0.05) is 18.0 Å². The molecule has 164 valence electrons. The van der Waals surface area contributed by atoms with Crippen LogP contribution in [0.25, 0.3) is 0 Å². The van der Waals surface area contributed by atoms with Gasteiger partial charge in [0.05, 0.1) is 18.4 Å². The average Bonchev–Trinajstić information content (AvgIpc) is 3.37. The van der Waals surface area contributed by atoms with Gasteiger partial charge in [-0.1, -0.05) is 26.2 Å². The largest absolute Gasteiger partial charge is 0.459 e. The lowest BCUT2D eigenvalue weighted by Gasteiger charge is -2.24. The second kappa shape index (κ2) is 12.1. The number of amides is 3. The summed E-state index contributed by atoms with van der Waals surface area (Å²) < 4.78 is 5.14. The van der Waals surface area contributed by atoms with Crippen LogP contribution in [0.5, 0.6) is 0 Å². The molecule has 0 bridgehead atoms. The van der Waals surface area contributed by atoms with Crippen LogP contribution < -0.4 is 10.6 Å². The number of hydrogen-bond acceptors (Lipinski definition) is 6. The van der Waals surface area contributed by atoms with Gasteiger partial charge in [0.15, 0.2) is 10.9 Å². The fourth-order valence-corrected chi connectivity index (χ4v) is 3.52. The van der Waals surface area contributed by atoms with Crippen molar-refractivity contribution in [3.63, 3.8) is 0 Å². The van der Waals surface area contributed by atoms with Gasteiger partial charge in [-0.05, 0) is 32.4 Å².